The van der Waals surface area contributed by atoms with E-state index in [1.807, 2.05) is 11.3 Å². The van der Waals surface area contributed by atoms with Crippen LogP contribution in [0.5, 0.6) is 0 Å². The molecule has 0 aliphatic heterocycles. The van der Waals surface area contributed by atoms with Crippen LogP contribution < -0.4 is 0 Å². The Morgan fingerprint density at radius 2 is 2.39 bits per heavy atom. The third-order valence-corrected chi connectivity index (χ3v) is 4.76. The highest BCUT2D eigenvalue weighted by molar-refractivity contribution is 7.09. The first kappa shape index (κ1) is 12.0. The maximum atomic E-state index is 10.0. The fraction of sp³-hybridized carbons (Fsp3) is 0.467. The van der Waals surface area contributed by atoms with Crippen LogP contribution in [0.1, 0.15) is 48.0 Å². The Balaban J connectivity index is 1.84. The van der Waals surface area contributed by atoms with Gasteiger partial charge in [-0.1, -0.05) is 6.07 Å². The van der Waals surface area contributed by atoms with Gasteiger partial charge in [0.25, 0.3) is 0 Å². The molecule has 0 aromatic carbocycles. The van der Waals surface area contributed by atoms with Gasteiger partial charge in [-0.3, -0.25) is 0 Å². The van der Waals surface area contributed by atoms with E-state index in [1.54, 1.807) is 0 Å². The fourth-order valence-corrected chi connectivity index (χ4v) is 3.75. The molecule has 3 heteroatoms. The number of aliphatic hydroxyl groups excluding tert-OH is 1. The lowest BCUT2D eigenvalue weighted by Gasteiger charge is -2.23. The van der Waals surface area contributed by atoms with Gasteiger partial charge in [-0.15, -0.1) is 11.3 Å². The van der Waals surface area contributed by atoms with Gasteiger partial charge < -0.3 is 9.67 Å². The van der Waals surface area contributed by atoms with Crippen LogP contribution in [0.2, 0.25) is 0 Å². The van der Waals surface area contributed by atoms with Crippen molar-refractivity contribution >= 4 is 11.3 Å². The van der Waals surface area contributed by atoms with Crippen molar-refractivity contribution in [1.29, 1.82) is 0 Å². The predicted molar refractivity (Wildman–Crippen MR) is 75.1 cm³/mol. The molecule has 0 saturated carbocycles. The zero-order valence-corrected chi connectivity index (χ0v) is 11.5. The van der Waals surface area contributed by atoms with Crippen LogP contribution in [0.3, 0.4) is 0 Å². The number of hydrogen-bond acceptors (Lipinski definition) is 2. The fourth-order valence-electron chi connectivity index (χ4n) is 2.92. The van der Waals surface area contributed by atoms with E-state index in [1.165, 1.54) is 10.6 Å². The number of aromatic nitrogens is 1. The Kier molecular flexibility index (Phi) is 3.27. The quantitative estimate of drug-likeness (QED) is 0.895. The van der Waals surface area contributed by atoms with E-state index in [0.717, 1.165) is 31.2 Å². The largest absolute Gasteiger partial charge is 0.388 e. The first-order chi connectivity index (χ1) is 8.75. The van der Waals surface area contributed by atoms with Gasteiger partial charge in [-0.05, 0) is 43.7 Å². The first-order valence-electron chi connectivity index (χ1n) is 6.66. The van der Waals surface area contributed by atoms with Crippen molar-refractivity contribution in [3.63, 3.8) is 0 Å². The van der Waals surface area contributed by atoms with Crippen molar-refractivity contribution in [3.05, 3.63) is 45.9 Å². The molecule has 2 aromatic heterocycles. The van der Waals surface area contributed by atoms with Crippen LogP contribution in [-0.2, 0) is 12.8 Å². The van der Waals surface area contributed by atoms with E-state index < -0.39 is 0 Å². The van der Waals surface area contributed by atoms with Crippen LogP contribution >= 0.6 is 11.3 Å². The summed E-state index contributed by atoms with van der Waals surface area (Å²) >= 11 is 1.82. The van der Waals surface area contributed by atoms with Crippen LogP contribution in [0.25, 0.3) is 0 Å². The highest BCUT2D eigenvalue weighted by Crippen LogP contribution is 2.32. The molecule has 2 aromatic rings. The minimum atomic E-state index is -0.246. The maximum absolute atomic E-state index is 10.0. The summed E-state index contributed by atoms with van der Waals surface area (Å²) in [5.74, 6) is 0. The van der Waals surface area contributed by atoms with Crippen LogP contribution in [0.4, 0.5) is 0 Å². The molecule has 0 amide bonds. The molecule has 0 saturated heterocycles. The van der Waals surface area contributed by atoms with Gasteiger partial charge in [-0.25, -0.2) is 0 Å². The summed E-state index contributed by atoms with van der Waals surface area (Å²) in [4.78, 5) is 1.43. The summed E-state index contributed by atoms with van der Waals surface area (Å²) in [5.41, 5.74) is 2.50. The van der Waals surface area contributed by atoms with Crippen molar-refractivity contribution in [1.82, 2.24) is 4.57 Å². The Morgan fingerprint density at radius 1 is 1.50 bits per heavy atom. The van der Waals surface area contributed by atoms with E-state index in [9.17, 15) is 5.11 Å². The Morgan fingerprint density at radius 3 is 3.17 bits per heavy atom. The number of fused-ring (bicyclic) bond motifs is 1. The summed E-state index contributed by atoms with van der Waals surface area (Å²) in [7, 11) is 0. The summed E-state index contributed by atoms with van der Waals surface area (Å²) < 4.78 is 2.36. The molecule has 0 fully saturated rings. The molecule has 18 heavy (non-hydrogen) atoms. The lowest BCUT2D eigenvalue weighted by atomic mass is 9.95. The monoisotopic (exact) mass is 261 g/mol. The van der Waals surface area contributed by atoms with Gasteiger partial charge in [-0.2, -0.15) is 0 Å². The van der Waals surface area contributed by atoms with Gasteiger partial charge in [0.15, 0.2) is 0 Å². The third kappa shape index (κ3) is 2.13. The van der Waals surface area contributed by atoms with Gasteiger partial charge in [0.05, 0.1) is 6.10 Å². The zero-order chi connectivity index (χ0) is 12.5. The number of hydrogen-bond donors (Lipinski definition) is 1. The molecular formula is C15H19NOS. The van der Waals surface area contributed by atoms with Crippen LogP contribution in [0, 0.1) is 0 Å². The van der Waals surface area contributed by atoms with Crippen molar-refractivity contribution in [3.8, 4) is 0 Å². The molecule has 2 unspecified atom stereocenters. The minimum Gasteiger partial charge on any atom is -0.388 e. The van der Waals surface area contributed by atoms with Crippen molar-refractivity contribution in [2.24, 2.45) is 0 Å². The Labute approximate surface area is 112 Å². The van der Waals surface area contributed by atoms with Gasteiger partial charge in [0.1, 0.15) is 0 Å². The predicted octanol–water partition coefficient (Wildman–Crippen LogP) is 3.72. The number of nitrogens with zero attached hydrogens (tertiary/aromatic N) is 1. The van der Waals surface area contributed by atoms with E-state index >= 15 is 0 Å². The number of thiophene rings is 1. The number of rotatable bonds is 3. The first-order valence-corrected chi connectivity index (χ1v) is 7.53. The van der Waals surface area contributed by atoms with E-state index in [0.29, 0.717) is 6.04 Å². The lowest BCUT2D eigenvalue weighted by Crippen LogP contribution is -2.15. The van der Waals surface area contributed by atoms with Gasteiger partial charge in [0, 0.05) is 34.8 Å². The van der Waals surface area contributed by atoms with E-state index in [2.05, 4.69) is 41.3 Å². The third-order valence-electron chi connectivity index (χ3n) is 3.86. The molecule has 0 spiro atoms. The van der Waals surface area contributed by atoms with Gasteiger partial charge in [0.2, 0.25) is 0 Å². The lowest BCUT2D eigenvalue weighted by molar-refractivity contribution is 0.155. The second kappa shape index (κ2) is 4.90. The standard InChI is InChI=1S/C15H19NOS/c1-11(10-12-4-3-9-18-12)16-8-7-13-14(16)5-2-6-15(13)17/h3-4,7-9,11,15,17H,2,5-6,10H2,1H3. The molecule has 0 bridgehead atoms. The van der Waals surface area contributed by atoms with E-state index in [-0.39, 0.29) is 6.10 Å². The van der Waals surface area contributed by atoms with E-state index in [4.69, 9.17) is 0 Å². The normalized spacial score (nSPS) is 20.7. The summed E-state index contributed by atoms with van der Waals surface area (Å²) in [6, 6.07) is 6.88. The van der Waals surface area contributed by atoms with Crippen molar-refractivity contribution in [2.45, 2.75) is 44.8 Å². The molecule has 1 aliphatic rings. The molecule has 1 N–H and O–H groups in total. The molecular weight excluding hydrogens is 242 g/mol. The molecule has 96 valence electrons. The smallest absolute Gasteiger partial charge is 0.0807 e. The molecule has 2 nitrogen and oxygen atoms in total. The number of aliphatic hydroxyl groups is 1. The SMILES string of the molecule is CC(Cc1cccs1)n1ccc2c1CCCC2O. The highest BCUT2D eigenvalue weighted by atomic mass is 32.1. The molecule has 3 rings (SSSR count). The summed E-state index contributed by atoms with van der Waals surface area (Å²) in [6.07, 6.45) is 6.10. The molecule has 1 aliphatic carbocycles. The van der Waals surface area contributed by atoms with Crippen molar-refractivity contribution in [2.75, 3.05) is 0 Å². The molecule has 2 heterocycles. The maximum Gasteiger partial charge on any atom is 0.0807 e. The minimum absolute atomic E-state index is 0.246. The summed E-state index contributed by atoms with van der Waals surface area (Å²) in [5, 5.41) is 12.1. The van der Waals surface area contributed by atoms with Crippen LogP contribution in [-0.4, -0.2) is 9.67 Å². The average molecular weight is 261 g/mol. The summed E-state index contributed by atoms with van der Waals surface area (Å²) in [6.45, 7) is 2.26. The molecule has 2 atom stereocenters. The topological polar surface area (TPSA) is 25.2 Å². The van der Waals surface area contributed by atoms with Gasteiger partial charge >= 0.3 is 0 Å². The molecule has 0 radical (unpaired) electrons. The Hall–Kier alpha value is -1.06. The highest BCUT2D eigenvalue weighted by Gasteiger charge is 2.22. The Bertz CT molecular complexity index is 515. The second-order valence-electron chi connectivity index (χ2n) is 5.17. The average Bonchev–Trinajstić information content (AvgIpc) is 2.98. The van der Waals surface area contributed by atoms with Crippen LogP contribution in [0.15, 0.2) is 29.8 Å². The zero-order valence-electron chi connectivity index (χ0n) is 10.7. The second-order valence-corrected chi connectivity index (χ2v) is 6.20. The van der Waals surface area contributed by atoms with Crippen molar-refractivity contribution < 1.29 is 5.11 Å².